The molecule has 1 amide bonds. The third-order valence-corrected chi connectivity index (χ3v) is 8.82. The lowest BCUT2D eigenvalue weighted by Gasteiger charge is -2.30. The number of guanidine groups is 1. The predicted octanol–water partition coefficient (Wildman–Crippen LogP) is 8.51. The average molecular weight is 632 g/mol. The molecule has 9 heteroatoms. The van der Waals surface area contributed by atoms with Crippen molar-refractivity contribution in [2.75, 3.05) is 6.79 Å². The SMILES string of the molecule is O=C1C[C@H](c2ccc3ccccc3c2)N=C2N1/C(=C\c1ccccc1)[C@@H](c1ccccc1C(F)(F)F)N2Cc1ccc2c(c1)OCO2. The number of halogens is 3. The standard InChI is InChI=1S/C38H28F3N3O3/c39-38(40,41)30-13-7-6-12-29(30)36-32(18-24-8-2-1-3-9-24)44-35(45)21-31(28-16-15-26-10-4-5-11-27(26)20-28)42-37(44)43(36)22-25-14-17-33-34(19-25)47-23-46-33/h1-20,31,36H,21-23H2/b32-18-/t31-,36-/m1/s1. The Morgan fingerprint density at radius 1 is 0.809 bits per heavy atom. The Hall–Kier alpha value is -5.57. The minimum Gasteiger partial charge on any atom is -0.454 e. The summed E-state index contributed by atoms with van der Waals surface area (Å²) in [6, 6.07) is 32.8. The first kappa shape index (κ1) is 28.9. The first-order valence-electron chi connectivity index (χ1n) is 15.3. The van der Waals surface area contributed by atoms with Crippen LogP contribution in [0.15, 0.2) is 126 Å². The first-order valence-corrected chi connectivity index (χ1v) is 15.3. The van der Waals surface area contributed by atoms with E-state index >= 15 is 0 Å². The lowest BCUT2D eigenvalue weighted by molar-refractivity contribution is -0.138. The highest BCUT2D eigenvalue weighted by molar-refractivity contribution is 6.05. The fraction of sp³-hybridized carbons (Fsp3) is 0.158. The zero-order chi connectivity index (χ0) is 32.1. The molecule has 5 aromatic rings. The van der Waals surface area contributed by atoms with Crippen molar-refractivity contribution in [3.63, 3.8) is 0 Å². The number of rotatable bonds is 5. The van der Waals surface area contributed by atoms with Crippen LogP contribution in [0.1, 0.15) is 46.3 Å². The largest absolute Gasteiger partial charge is 0.454 e. The fourth-order valence-corrected chi connectivity index (χ4v) is 6.66. The van der Waals surface area contributed by atoms with Gasteiger partial charge in [0.2, 0.25) is 18.7 Å². The molecule has 3 heterocycles. The third-order valence-electron chi connectivity index (χ3n) is 8.82. The molecule has 3 aliphatic heterocycles. The van der Waals surface area contributed by atoms with Crippen LogP contribution in [0.4, 0.5) is 13.2 Å². The molecule has 0 spiro atoms. The summed E-state index contributed by atoms with van der Waals surface area (Å²) in [5.74, 6) is 1.22. The molecule has 0 radical (unpaired) electrons. The zero-order valence-corrected chi connectivity index (χ0v) is 25.0. The Morgan fingerprint density at radius 3 is 2.38 bits per heavy atom. The van der Waals surface area contributed by atoms with Crippen LogP contribution < -0.4 is 9.47 Å². The molecule has 0 unspecified atom stereocenters. The van der Waals surface area contributed by atoms with Gasteiger partial charge in [-0.05, 0) is 63.4 Å². The van der Waals surface area contributed by atoms with Crippen molar-refractivity contribution in [2.45, 2.75) is 31.2 Å². The summed E-state index contributed by atoms with van der Waals surface area (Å²) >= 11 is 0. The molecule has 1 fully saturated rings. The Labute approximate surface area is 269 Å². The van der Waals surface area contributed by atoms with E-state index in [0.29, 0.717) is 23.2 Å². The number of carbonyl (C=O) groups excluding carboxylic acids is 1. The van der Waals surface area contributed by atoms with Crippen molar-refractivity contribution in [3.05, 3.63) is 149 Å². The Balaban J connectivity index is 1.33. The van der Waals surface area contributed by atoms with Gasteiger partial charge >= 0.3 is 6.18 Å². The summed E-state index contributed by atoms with van der Waals surface area (Å²) in [4.78, 5) is 22.7. The Morgan fingerprint density at radius 2 is 1.55 bits per heavy atom. The van der Waals surface area contributed by atoms with Crippen LogP contribution in [0, 0.1) is 0 Å². The molecule has 8 rings (SSSR count). The van der Waals surface area contributed by atoms with Crippen molar-refractivity contribution >= 4 is 28.7 Å². The summed E-state index contributed by atoms with van der Waals surface area (Å²) in [5, 5.41) is 2.08. The van der Waals surface area contributed by atoms with E-state index in [1.54, 1.807) is 18.2 Å². The van der Waals surface area contributed by atoms with Gasteiger partial charge in [0.1, 0.15) is 0 Å². The van der Waals surface area contributed by atoms with Crippen LogP contribution in [-0.4, -0.2) is 28.5 Å². The molecule has 0 bridgehead atoms. The van der Waals surface area contributed by atoms with E-state index < -0.39 is 23.8 Å². The fourth-order valence-electron chi connectivity index (χ4n) is 6.66. The number of amides is 1. The van der Waals surface area contributed by atoms with Gasteiger partial charge in [-0.3, -0.25) is 9.69 Å². The molecule has 47 heavy (non-hydrogen) atoms. The maximum atomic E-state index is 14.6. The minimum absolute atomic E-state index is 0.0371. The van der Waals surface area contributed by atoms with Crippen molar-refractivity contribution < 1.29 is 27.4 Å². The van der Waals surface area contributed by atoms with E-state index in [2.05, 4.69) is 0 Å². The lowest BCUT2D eigenvalue weighted by Crippen LogP contribution is -2.41. The topological polar surface area (TPSA) is 54.4 Å². The quantitative estimate of drug-likeness (QED) is 0.195. The molecule has 234 valence electrons. The van der Waals surface area contributed by atoms with E-state index in [4.69, 9.17) is 14.5 Å². The van der Waals surface area contributed by atoms with Gasteiger partial charge in [-0.25, -0.2) is 4.99 Å². The number of benzene rings is 5. The molecule has 0 saturated carbocycles. The normalized spacial score (nSPS) is 19.8. The van der Waals surface area contributed by atoms with Gasteiger partial charge in [0.15, 0.2) is 11.5 Å². The monoisotopic (exact) mass is 631 g/mol. The summed E-state index contributed by atoms with van der Waals surface area (Å²) in [6.45, 7) is 0.253. The van der Waals surface area contributed by atoms with Crippen molar-refractivity contribution in [1.82, 2.24) is 9.80 Å². The number of nitrogens with zero attached hydrogens (tertiary/aromatic N) is 3. The molecule has 5 aromatic carbocycles. The lowest BCUT2D eigenvalue weighted by atomic mass is 9.95. The second-order valence-electron chi connectivity index (χ2n) is 11.8. The number of aliphatic imine (C=N–C) groups is 1. The molecule has 2 atom stereocenters. The molecule has 0 N–H and O–H groups in total. The van der Waals surface area contributed by atoms with E-state index in [1.165, 1.54) is 17.0 Å². The van der Waals surface area contributed by atoms with Crippen molar-refractivity contribution in [3.8, 4) is 11.5 Å². The number of carbonyl (C=O) groups is 1. The molecule has 0 aromatic heterocycles. The molecule has 1 saturated heterocycles. The van der Waals surface area contributed by atoms with Gasteiger partial charge in [0.25, 0.3) is 0 Å². The maximum Gasteiger partial charge on any atom is 0.416 e. The number of fused-ring (bicyclic) bond motifs is 3. The van der Waals surface area contributed by atoms with E-state index in [1.807, 2.05) is 89.8 Å². The third kappa shape index (κ3) is 5.27. The van der Waals surface area contributed by atoms with Gasteiger partial charge in [0, 0.05) is 6.54 Å². The second kappa shape index (κ2) is 11.3. The van der Waals surface area contributed by atoms with Crippen LogP contribution in [-0.2, 0) is 17.5 Å². The molecule has 0 aliphatic carbocycles. The van der Waals surface area contributed by atoms with Crippen molar-refractivity contribution in [1.29, 1.82) is 0 Å². The summed E-state index contributed by atoms with van der Waals surface area (Å²) < 4.78 is 55.0. The van der Waals surface area contributed by atoms with Gasteiger partial charge in [-0.2, -0.15) is 13.2 Å². The van der Waals surface area contributed by atoms with Gasteiger partial charge in [0.05, 0.1) is 29.8 Å². The smallest absolute Gasteiger partial charge is 0.416 e. The van der Waals surface area contributed by atoms with Crippen molar-refractivity contribution in [2.24, 2.45) is 4.99 Å². The van der Waals surface area contributed by atoms with E-state index in [9.17, 15) is 18.0 Å². The predicted molar refractivity (Wildman–Crippen MR) is 172 cm³/mol. The number of ether oxygens (including phenoxy) is 2. The molecular formula is C38H28F3N3O3. The highest BCUT2D eigenvalue weighted by Crippen LogP contribution is 2.48. The average Bonchev–Trinajstić information content (AvgIpc) is 3.67. The van der Waals surface area contributed by atoms with E-state index in [-0.39, 0.29) is 31.2 Å². The molecular weight excluding hydrogens is 603 g/mol. The van der Waals surface area contributed by atoms with Crippen LogP contribution in [0.3, 0.4) is 0 Å². The number of alkyl halides is 3. The van der Waals surface area contributed by atoms with Gasteiger partial charge in [-0.1, -0.05) is 91.0 Å². The highest BCUT2D eigenvalue weighted by Gasteiger charge is 2.49. The van der Waals surface area contributed by atoms with Crippen LogP contribution >= 0.6 is 0 Å². The van der Waals surface area contributed by atoms with E-state index in [0.717, 1.165) is 33.5 Å². The van der Waals surface area contributed by atoms with Gasteiger partial charge < -0.3 is 14.4 Å². The number of hydrogen-bond acceptors (Lipinski definition) is 5. The summed E-state index contributed by atoms with van der Waals surface area (Å²) in [5.41, 5.74) is 2.07. The van der Waals surface area contributed by atoms with Gasteiger partial charge in [-0.15, -0.1) is 0 Å². The highest BCUT2D eigenvalue weighted by atomic mass is 19.4. The van der Waals surface area contributed by atoms with Crippen LogP contribution in [0.25, 0.3) is 16.8 Å². The molecule has 3 aliphatic rings. The first-order chi connectivity index (χ1) is 22.8. The minimum atomic E-state index is -4.62. The summed E-state index contributed by atoms with van der Waals surface area (Å²) in [7, 11) is 0. The maximum absolute atomic E-state index is 14.6. The molecule has 6 nitrogen and oxygen atoms in total. The summed E-state index contributed by atoms with van der Waals surface area (Å²) in [6.07, 6.45) is -2.76. The second-order valence-corrected chi connectivity index (χ2v) is 11.8. The van der Waals surface area contributed by atoms with Crippen LogP contribution in [0.2, 0.25) is 0 Å². The number of hydrogen-bond donors (Lipinski definition) is 0. The zero-order valence-electron chi connectivity index (χ0n) is 25.0. The Kier molecular flexibility index (Phi) is 6.97. The van der Waals surface area contributed by atoms with Crippen LogP contribution in [0.5, 0.6) is 11.5 Å². The Bertz CT molecular complexity index is 2080.